The highest BCUT2D eigenvalue weighted by Gasteiger charge is 2.33. The Hall–Kier alpha value is -2.22. The third-order valence-corrected chi connectivity index (χ3v) is 3.76. The van der Waals surface area contributed by atoms with Crippen LogP contribution in [0.3, 0.4) is 0 Å². The minimum Gasteiger partial charge on any atom is -0.494 e. The molecule has 0 saturated heterocycles. The normalized spacial score (nSPS) is 11.2. The summed E-state index contributed by atoms with van der Waals surface area (Å²) in [6.45, 7) is 0.929. The summed E-state index contributed by atoms with van der Waals surface area (Å²) >= 11 is 1.37. The molecule has 0 bridgehead atoms. The molecule has 0 unspecified atom stereocenters. The lowest BCUT2D eigenvalue weighted by molar-refractivity contribution is -0.140. The molecule has 1 aromatic carbocycles. The highest BCUT2D eigenvalue weighted by atomic mass is 32.1. The van der Waals surface area contributed by atoms with E-state index in [1.54, 1.807) is 41.1 Å². The summed E-state index contributed by atoms with van der Waals surface area (Å²) in [5.41, 5.74) is 1.06. The Labute approximate surface area is 141 Å². The molecule has 8 heteroatoms. The summed E-state index contributed by atoms with van der Waals surface area (Å²) < 4.78 is 43.5. The zero-order valence-corrected chi connectivity index (χ0v) is 13.8. The second kappa shape index (κ2) is 8.05. The molecular weight excluding hydrogens is 341 g/mol. The van der Waals surface area contributed by atoms with Crippen LogP contribution in [0, 0.1) is 0 Å². The van der Waals surface area contributed by atoms with E-state index in [0.29, 0.717) is 23.6 Å². The second-order valence-corrected chi connectivity index (χ2v) is 5.77. The first-order valence-corrected chi connectivity index (χ1v) is 8.18. The molecule has 0 fully saturated rings. The highest BCUT2D eigenvalue weighted by Crippen LogP contribution is 2.21. The van der Waals surface area contributed by atoms with Crippen LogP contribution >= 0.6 is 11.3 Å². The number of anilines is 1. The van der Waals surface area contributed by atoms with E-state index < -0.39 is 18.8 Å². The Morgan fingerprint density at radius 2 is 1.96 bits per heavy atom. The Balaban J connectivity index is 2.05. The Morgan fingerprint density at radius 1 is 1.25 bits per heavy atom. The minimum atomic E-state index is -4.47. The lowest BCUT2D eigenvalue weighted by Crippen LogP contribution is -2.40. The van der Waals surface area contributed by atoms with Gasteiger partial charge in [-0.05, 0) is 53.6 Å². The van der Waals surface area contributed by atoms with E-state index in [2.05, 4.69) is 5.32 Å². The van der Waals surface area contributed by atoms with Crippen molar-refractivity contribution in [2.24, 2.45) is 0 Å². The van der Waals surface area contributed by atoms with E-state index in [-0.39, 0.29) is 6.54 Å². The molecule has 2 aromatic rings. The van der Waals surface area contributed by atoms with E-state index in [1.807, 2.05) is 6.92 Å². The number of nitrogens with one attached hydrogen (secondary N) is 1. The fourth-order valence-corrected chi connectivity index (χ4v) is 2.68. The van der Waals surface area contributed by atoms with Crippen LogP contribution in [0.1, 0.15) is 12.5 Å². The number of alkyl halides is 3. The van der Waals surface area contributed by atoms with Crippen LogP contribution in [0.25, 0.3) is 0 Å². The summed E-state index contributed by atoms with van der Waals surface area (Å²) in [7, 11) is 0. The van der Waals surface area contributed by atoms with E-state index in [9.17, 15) is 18.0 Å². The largest absolute Gasteiger partial charge is 0.494 e. The van der Waals surface area contributed by atoms with Gasteiger partial charge in [-0.2, -0.15) is 24.5 Å². The molecule has 4 nitrogen and oxygen atoms in total. The van der Waals surface area contributed by atoms with Crippen molar-refractivity contribution in [1.29, 1.82) is 0 Å². The number of carbonyl (C=O) groups is 1. The monoisotopic (exact) mass is 358 g/mol. The molecule has 1 N–H and O–H groups in total. The smallest absolute Gasteiger partial charge is 0.406 e. The number of nitrogens with zero attached hydrogens (tertiary/aromatic N) is 1. The lowest BCUT2D eigenvalue weighted by Gasteiger charge is -2.24. The second-order valence-electron chi connectivity index (χ2n) is 4.99. The van der Waals surface area contributed by atoms with Gasteiger partial charge in [-0.15, -0.1) is 0 Å². The van der Waals surface area contributed by atoms with Crippen molar-refractivity contribution in [2.45, 2.75) is 19.6 Å². The van der Waals surface area contributed by atoms with Gasteiger partial charge >= 0.3 is 12.2 Å². The Morgan fingerprint density at radius 3 is 2.50 bits per heavy atom. The zero-order chi connectivity index (χ0) is 17.6. The van der Waals surface area contributed by atoms with Gasteiger partial charge in [0, 0.05) is 12.2 Å². The van der Waals surface area contributed by atoms with Crippen LogP contribution in [0.5, 0.6) is 5.75 Å². The first kappa shape index (κ1) is 18.1. The first-order valence-electron chi connectivity index (χ1n) is 7.24. The number of amides is 2. The molecule has 130 valence electrons. The summed E-state index contributed by atoms with van der Waals surface area (Å²) in [5, 5.41) is 5.95. The van der Waals surface area contributed by atoms with Crippen molar-refractivity contribution in [2.75, 3.05) is 18.5 Å². The number of urea groups is 1. The number of halogens is 3. The van der Waals surface area contributed by atoms with Gasteiger partial charge in [-0.25, -0.2) is 4.79 Å². The maximum Gasteiger partial charge on any atom is 0.406 e. The van der Waals surface area contributed by atoms with Gasteiger partial charge in [0.05, 0.1) is 6.61 Å². The molecule has 0 aliphatic heterocycles. The van der Waals surface area contributed by atoms with Crippen LogP contribution in [0.15, 0.2) is 41.1 Å². The quantitative estimate of drug-likeness (QED) is 0.810. The van der Waals surface area contributed by atoms with Crippen LogP contribution in [0.4, 0.5) is 23.7 Å². The Bertz CT molecular complexity index is 642. The van der Waals surface area contributed by atoms with Crippen molar-refractivity contribution >= 4 is 23.1 Å². The van der Waals surface area contributed by atoms with Gasteiger partial charge in [0.2, 0.25) is 0 Å². The van der Waals surface area contributed by atoms with E-state index in [0.717, 1.165) is 4.90 Å². The van der Waals surface area contributed by atoms with Gasteiger partial charge in [0.25, 0.3) is 0 Å². The van der Waals surface area contributed by atoms with Gasteiger partial charge in [-0.1, -0.05) is 0 Å². The van der Waals surface area contributed by atoms with E-state index >= 15 is 0 Å². The number of thiophene rings is 1. The molecule has 1 heterocycles. The van der Waals surface area contributed by atoms with Gasteiger partial charge in [-0.3, -0.25) is 0 Å². The molecule has 0 atom stereocenters. The van der Waals surface area contributed by atoms with E-state index in [4.69, 9.17) is 4.74 Å². The number of benzene rings is 1. The zero-order valence-electron chi connectivity index (χ0n) is 13.0. The topological polar surface area (TPSA) is 41.6 Å². The predicted octanol–water partition coefficient (Wildman–Crippen LogP) is 4.74. The molecule has 2 rings (SSSR count). The molecular formula is C16H17F3N2O2S. The summed E-state index contributed by atoms with van der Waals surface area (Å²) in [6.07, 6.45) is -4.47. The lowest BCUT2D eigenvalue weighted by atomic mass is 10.3. The number of carbonyl (C=O) groups excluding carboxylic acids is 1. The molecule has 1 aromatic heterocycles. The average Bonchev–Trinajstić information content (AvgIpc) is 3.00. The fourth-order valence-electron chi connectivity index (χ4n) is 2.02. The van der Waals surface area contributed by atoms with Crippen molar-refractivity contribution in [3.05, 3.63) is 46.7 Å². The molecule has 0 saturated carbocycles. The van der Waals surface area contributed by atoms with Crippen LogP contribution in [0.2, 0.25) is 0 Å². The van der Waals surface area contributed by atoms with Crippen LogP contribution in [-0.4, -0.2) is 30.3 Å². The fraction of sp³-hybridized carbons (Fsp3) is 0.312. The van der Waals surface area contributed by atoms with Crippen molar-refractivity contribution in [3.8, 4) is 5.75 Å². The number of rotatable bonds is 6. The minimum absolute atomic E-state index is 0.105. The molecule has 0 aliphatic rings. The van der Waals surface area contributed by atoms with Crippen LogP contribution in [-0.2, 0) is 6.54 Å². The van der Waals surface area contributed by atoms with Gasteiger partial charge < -0.3 is 15.0 Å². The summed E-state index contributed by atoms with van der Waals surface area (Å²) in [6, 6.07) is 7.34. The van der Waals surface area contributed by atoms with Gasteiger partial charge in [0.15, 0.2) is 0 Å². The molecule has 24 heavy (non-hydrogen) atoms. The van der Waals surface area contributed by atoms with Gasteiger partial charge in [0.1, 0.15) is 12.3 Å². The third-order valence-electron chi connectivity index (χ3n) is 3.03. The van der Waals surface area contributed by atoms with E-state index in [1.165, 1.54) is 11.3 Å². The highest BCUT2D eigenvalue weighted by molar-refractivity contribution is 7.07. The number of hydrogen-bond donors (Lipinski definition) is 1. The maximum atomic E-state index is 12.7. The molecule has 2 amide bonds. The summed E-state index contributed by atoms with van der Waals surface area (Å²) in [5.74, 6) is 0.626. The number of ether oxygens (including phenoxy) is 1. The predicted molar refractivity (Wildman–Crippen MR) is 87.4 cm³/mol. The SMILES string of the molecule is CCOc1ccc(NC(=O)N(Cc2ccsc2)CC(F)(F)F)cc1. The summed E-state index contributed by atoms with van der Waals surface area (Å²) in [4.78, 5) is 12.9. The van der Waals surface area contributed by atoms with Crippen molar-refractivity contribution in [3.63, 3.8) is 0 Å². The average molecular weight is 358 g/mol. The van der Waals surface area contributed by atoms with Crippen molar-refractivity contribution < 1.29 is 22.7 Å². The molecule has 0 spiro atoms. The number of hydrogen-bond acceptors (Lipinski definition) is 3. The molecule has 0 radical (unpaired) electrons. The van der Waals surface area contributed by atoms with Crippen molar-refractivity contribution in [1.82, 2.24) is 4.90 Å². The standard InChI is InChI=1S/C16H17F3N2O2S/c1-2-23-14-5-3-13(4-6-14)20-15(22)21(11-16(17,18)19)9-12-7-8-24-10-12/h3-8,10H,2,9,11H2,1H3,(H,20,22). The van der Waals surface area contributed by atoms with Crippen LogP contribution < -0.4 is 10.1 Å². The maximum absolute atomic E-state index is 12.7. The molecule has 0 aliphatic carbocycles. The third kappa shape index (κ3) is 5.77. The first-order chi connectivity index (χ1) is 11.4. The Kier molecular flexibility index (Phi) is 6.08.